The molecule has 0 radical (unpaired) electrons. The first-order valence-electron chi connectivity index (χ1n) is 5.84. The third-order valence-electron chi connectivity index (χ3n) is 2.86. The molecule has 0 fully saturated rings. The first-order chi connectivity index (χ1) is 9.97. The SMILES string of the molecule is O=[N+]([O-])c1ccc(OC2=NS(=O)(=O)c3ccccc32)cc1. The van der Waals surface area contributed by atoms with Crippen LogP contribution in [-0.2, 0) is 10.0 Å². The Kier molecular flexibility index (Phi) is 2.95. The molecule has 1 aliphatic heterocycles. The van der Waals surface area contributed by atoms with Crippen LogP contribution in [0.4, 0.5) is 5.69 Å². The largest absolute Gasteiger partial charge is 0.438 e. The number of nitro benzene ring substituents is 1. The van der Waals surface area contributed by atoms with Crippen molar-refractivity contribution < 1.29 is 18.1 Å². The van der Waals surface area contributed by atoms with E-state index in [1.807, 2.05) is 0 Å². The maximum absolute atomic E-state index is 11.8. The van der Waals surface area contributed by atoms with Crippen molar-refractivity contribution in [2.75, 3.05) is 0 Å². The van der Waals surface area contributed by atoms with Gasteiger partial charge >= 0.3 is 0 Å². The highest BCUT2D eigenvalue weighted by molar-refractivity contribution is 7.90. The number of sulfonamides is 1. The van der Waals surface area contributed by atoms with Crippen molar-refractivity contribution in [3.63, 3.8) is 0 Å². The lowest BCUT2D eigenvalue weighted by Gasteiger charge is -2.04. The third-order valence-corrected chi connectivity index (χ3v) is 4.18. The number of hydrogen-bond acceptors (Lipinski definition) is 5. The molecule has 0 unspecified atom stereocenters. The van der Waals surface area contributed by atoms with E-state index in [0.29, 0.717) is 5.56 Å². The molecule has 0 N–H and O–H groups in total. The van der Waals surface area contributed by atoms with Crippen molar-refractivity contribution in [1.82, 2.24) is 0 Å². The molecule has 2 aromatic carbocycles. The molecule has 0 atom stereocenters. The first-order valence-corrected chi connectivity index (χ1v) is 7.28. The highest BCUT2D eigenvalue weighted by atomic mass is 32.2. The monoisotopic (exact) mass is 304 g/mol. The Labute approximate surface area is 119 Å². The summed E-state index contributed by atoms with van der Waals surface area (Å²) in [5.74, 6) is 0.228. The molecule has 0 aromatic heterocycles. The highest BCUT2D eigenvalue weighted by Crippen LogP contribution is 2.28. The Morgan fingerprint density at radius 3 is 2.38 bits per heavy atom. The minimum Gasteiger partial charge on any atom is -0.438 e. The summed E-state index contributed by atoms with van der Waals surface area (Å²) >= 11 is 0. The van der Waals surface area contributed by atoms with Gasteiger partial charge in [0.05, 0.1) is 10.5 Å². The summed E-state index contributed by atoms with van der Waals surface area (Å²) in [5.41, 5.74) is 0.291. The fraction of sp³-hybridized carbons (Fsp3) is 0. The second kappa shape index (κ2) is 4.67. The molecule has 0 saturated carbocycles. The smallest absolute Gasteiger partial charge is 0.286 e. The number of non-ortho nitro benzene ring substituents is 1. The summed E-state index contributed by atoms with van der Waals surface area (Å²) in [7, 11) is -3.74. The molecule has 7 nitrogen and oxygen atoms in total. The number of nitro groups is 1. The number of ether oxygens (including phenoxy) is 1. The Morgan fingerprint density at radius 2 is 1.71 bits per heavy atom. The Bertz CT molecular complexity index is 856. The molecule has 0 amide bonds. The van der Waals surface area contributed by atoms with Crippen LogP contribution in [0.1, 0.15) is 5.56 Å². The second-order valence-corrected chi connectivity index (χ2v) is 5.79. The van der Waals surface area contributed by atoms with Crippen molar-refractivity contribution in [1.29, 1.82) is 0 Å². The predicted octanol–water partition coefficient (Wildman–Crippen LogP) is 2.12. The van der Waals surface area contributed by atoms with Crippen molar-refractivity contribution in [2.24, 2.45) is 4.40 Å². The molecule has 0 saturated heterocycles. The molecule has 2 aromatic rings. The van der Waals surface area contributed by atoms with Crippen molar-refractivity contribution in [3.8, 4) is 5.75 Å². The van der Waals surface area contributed by atoms with E-state index in [0.717, 1.165) is 0 Å². The molecular weight excluding hydrogens is 296 g/mol. The van der Waals surface area contributed by atoms with Crippen LogP contribution in [0, 0.1) is 10.1 Å². The Morgan fingerprint density at radius 1 is 1.05 bits per heavy atom. The molecular formula is C13H8N2O5S. The Hall–Kier alpha value is -2.74. The molecule has 0 spiro atoms. The minimum absolute atomic E-state index is 0.0422. The van der Waals surface area contributed by atoms with Gasteiger partial charge in [0.15, 0.2) is 0 Å². The zero-order valence-electron chi connectivity index (χ0n) is 10.5. The standard InChI is InChI=1S/C13H8N2O5S/c16-15(17)9-5-7-10(8-6-9)20-13-11-3-1-2-4-12(11)21(18,19)14-13/h1-8H. The molecule has 3 rings (SSSR count). The van der Waals surface area contributed by atoms with E-state index in [1.165, 1.54) is 30.3 Å². The third kappa shape index (κ3) is 2.36. The molecule has 8 heteroatoms. The second-order valence-electron chi connectivity index (χ2n) is 4.22. The van der Waals surface area contributed by atoms with Gasteiger partial charge in [0, 0.05) is 12.1 Å². The zero-order chi connectivity index (χ0) is 15.0. The fourth-order valence-electron chi connectivity index (χ4n) is 1.90. The van der Waals surface area contributed by atoms with Gasteiger partial charge in [-0.2, -0.15) is 8.42 Å². The topological polar surface area (TPSA) is 98.9 Å². The zero-order valence-corrected chi connectivity index (χ0v) is 11.3. The van der Waals surface area contributed by atoms with Gasteiger partial charge in [-0.05, 0) is 24.3 Å². The molecule has 0 bridgehead atoms. The van der Waals surface area contributed by atoms with Gasteiger partial charge in [0.1, 0.15) is 10.6 Å². The summed E-state index contributed by atoms with van der Waals surface area (Å²) < 4.78 is 32.7. The highest BCUT2D eigenvalue weighted by Gasteiger charge is 2.30. The predicted molar refractivity (Wildman–Crippen MR) is 73.9 cm³/mol. The van der Waals surface area contributed by atoms with Crippen LogP contribution < -0.4 is 4.74 Å². The average Bonchev–Trinajstić information content (AvgIpc) is 2.71. The summed E-state index contributed by atoms with van der Waals surface area (Å²) in [6, 6.07) is 11.6. The van der Waals surface area contributed by atoms with Crippen LogP contribution in [0.5, 0.6) is 5.75 Å². The van der Waals surface area contributed by atoms with Crippen LogP contribution >= 0.6 is 0 Å². The maximum Gasteiger partial charge on any atom is 0.286 e. The van der Waals surface area contributed by atoms with Gasteiger partial charge in [0.2, 0.25) is 5.90 Å². The molecule has 21 heavy (non-hydrogen) atoms. The summed E-state index contributed by atoms with van der Waals surface area (Å²) in [4.78, 5) is 10.1. The first kappa shape index (κ1) is 13.3. The van der Waals surface area contributed by atoms with Crippen LogP contribution in [-0.4, -0.2) is 19.2 Å². The van der Waals surface area contributed by atoms with Crippen LogP contribution in [0.2, 0.25) is 0 Å². The van der Waals surface area contributed by atoms with E-state index in [1.54, 1.807) is 18.2 Å². The summed E-state index contributed by atoms with van der Waals surface area (Å²) in [5, 5.41) is 10.6. The number of fused-ring (bicyclic) bond motifs is 1. The van der Waals surface area contributed by atoms with E-state index in [9.17, 15) is 18.5 Å². The van der Waals surface area contributed by atoms with Crippen molar-refractivity contribution in [3.05, 3.63) is 64.2 Å². The van der Waals surface area contributed by atoms with Gasteiger partial charge in [-0.1, -0.05) is 12.1 Å². The Balaban J connectivity index is 1.94. The lowest BCUT2D eigenvalue weighted by Crippen LogP contribution is -2.07. The van der Waals surface area contributed by atoms with Gasteiger partial charge in [-0.3, -0.25) is 10.1 Å². The van der Waals surface area contributed by atoms with Gasteiger partial charge in [-0.25, -0.2) is 0 Å². The summed E-state index contributed by atoms with van der Waals surface area (Å²) in [6.07, 6.45) is 0. The van der Waals surface area contributed by atoms with Crippen LogP contribution in [0.3, 0.4) is 0 Å². The number of hydrogen-bond donors (Lipinski definition) is 0. The average molecular weight is 304 g/mol. The van der Waals surface area contributed by atoms with Gasteiger partial charge in [0.25, 0.3) is 15.7 Å². The molecule has 1 heterocycles. The van der Waals surface area contributed by atoms with Crippen LogP contribution in [0.25, 0.3) is 0 Å². The number of rotatable bonds is 2. The quantitative estimate of drug-likeness (QED) is 0.625. The van der Waals surface area contributed by atoms with E-state index >= 15 is 0 Å². The van der Waals surface area contributed by atoms with Crippen LogP contribution in [0.15, 0.2) is 57.8 Å². The van der Waals surface area contributed by atoms with Gasteiger partial charge in [-0.15, -0.1) is 4.40 Å². The van der Waals surface area contributed by atoms with E-state index in [4.69, 9.17) is 4.74 Å². The van der Waals surface area contributed by atoms with E-state index < -0.39 is 14.9 Å². The molecule has 0 aliphatic carbocycles. The number of nitrogens with zero attached hydrogens (tertiary/aromatic N) is 2. The summed E-state index contributed by atoms with van der Waals surface area (Å²) in [6.45, 7) is 0. The lowest BCUT2D eigenvalue weighted by atomic mass is 10.2. The maximum atomic E-state index is 11.8. The fourth-order valence-corrected chi connectivity index (χ4v) is 3.03. The molecule has 1 aliphatic rings. The number of benzene rings is 2. The van der Waals surface area contributed by atoms with Crippen molar-refractivity contribution in [2.45, 2.75) is 4.90 Å². The van der Waals surface area contributed by atoms with E-state index in [2.05, 4.69) is 4.40 Å². The normalized spacial score (nSPS) is 15.1. The lowest BCUT2D eigenvalue weighted by molar-refractivity contribution is -0.384. The van der Waals surface area contributed by atoms with Crippen molar-refractivity contribution >= 4 is 21.6 Å². The van der Waals surface area contributed by atoms with E-state index in [-0.39, 0.29) is 22.2 Å². The molecule has 106 valence electrons. The van der Waals surface area contributed by atoms with Gasteiger partial charge < -0.3 is 4.74 Å². The minimum atomic E-state index is -3.74.